The molecule has 4 heterocycles. The van der Waals surface area contributed by atoms with Crippen LogP contribution in [0.4, 0.5) is 0 Å². The fourth-order valence-electron chi connectivity index (χ4n) is 3.03. The molecule has 2 N–H and O–H groups in total. The van der Waals surface area contributed by atoms with Gasteiger partial charge in [0.05, 0.1) is 0 Å². The molecule has 0 aliphatic carbocycles. The van der Waals surface area contributed by atoms with Crippen molar-refractivity contribution in [1.29, 1.82) is 0 Å². The van der Waals surface area contributed by atoms with Gasteiger partial charge in [0.1, 0.15) is 13.2 Å². The number of aromatic amines is 2. The first-order valence-electron chi connectivity index (χ1n) is 9.59. The van der Waals surface area contributed by atoms with Gasteiger partial charge in [-0.2, -0.15) is 0 Å². The minimum absolute atomic E-state index is 0.294. The van der Waals surface area contributed by atoms with Gasteiger partial charge in [0.2, 0.25) is 10.3 Å². The lowest BCUT2D eigenvalue weighted by Crippen LogP contribution is -2.22. The Morgan fingerprint density at radius 3 is 2.06 bits per heavy atom. The number of benzene rings is 1. The van der Waals surface area contributed by atoms with E-state index in [9.17, 15) is 0 Å². The molecular formula is C20H18N6O4S2. The molecule has 0 saturated heterocycles. The summed E-state index contributed by atoms with van der Waals surface area (Å²) >= 11 is 0. The number of fused-ring (bicyclic) bond motifs is 1. The minimum atomic E-state index is -0.417. The topological polar surface area (TPSA) is 120 Å². The summed E-state index contributed by atoms with van der Waals surface area (Å²) in [5, 5.41) is 15.3. The summed E-state index contributed by atoms with van der Waals surface area (Å²) in [6.45, 7) is 8.07. The monoisotopic (exact) mass is 470 g/mol. The van der Waals surface area contributed by atoms with Gasteiger partial charge in [0.15, 0.2) is 46.9 Å². The second kappa shape index (κ2) is 9.01. The first kappa shape index (κ1) is 20.5. The second-order valence-electron chi connectivity index (χ2n) is 6.59. The predicted molar refractivity (Wildman–Crippen MR) is 117 cm³/mol. The van der Waals surface area contributed by atoms with Crippen LogP contribution in [0.5, 0.6) is 11.5 Å². The van der Waals surface area contributed by atoms with Crippen molar-refractivity contribution in [3.05, 3.63) is 72.7 Å². The Morgan fingerprint density at radius 2 is 1.41 bits per heavy atom. The van der Waals surface area contributed by atoms with Gasteiger partial charge in [-0.25, -0.2) is 9.97 Å². The number of para-hydroxylation sites is 2. The molecule has 2 unspecified atom stereocenters. The molecule has 2 aromatic heterocycles. The van der Waals surface area contributed by atoms with E-state index in [0.717, 1.165) is 5.75 Å². The van der Waals surface area contributed by atoms with Gasteiger partial charge in [0.25, 0.3) is 0 Å². The Kier molecular flexibility index (Phi) is 5.77. The van der Waals surface area contributed by atoms with E-state index in [1.165, 1.54) is 21.6 Å². The van der Waals surface area contributed by atoms with Crippen molar-refractivity contribution < 1.29 is 18.9 Å². The van der Waals surface area contributed by atoms with Crippen LogP contribution in [0.15, 0.2) is 71.4 Å². The average Bonchev–Trinajstić information content (AvgIpc) is 3.52. The van der Waals surface area contributed by atoms with Gasteiger partial charge in [-0.15, -0.1) is 10.2 Å². The van der Waals surface area contributed by atoms with E-state index in [-0.39, 0.29) is 6.10 Å². The van der Waals surface area contributed by atoms with Crippen LogP contribution in [-0.2, 0) is 9.47 Å². The second-order valence-corrected chi connectivity index (χ2v) is 8.66. The summed E-state index contributed by atoms with van der Waals surface area (Å²) < 4.78 is 23.2. The normalized spacial score (nSPS) is 19.8. The zero-order chi connectivity index (χ0) is 21.9. The van der Waals surface area contributed by atoms with Gasteiger partial charge < -0.3 is 18.9 Å². The molecule has 164 valence electrons. The van der Waals surface area contributed by atoms with Crippen molar-refractivity contribution in [3.8, 4) is 11.5 Å². The van der Waals surface area contributed by atoms with Crippen LogP contribution in [0.3, 0.4) is 0 Å². The molecule has 0 radical (unpaired) electrons. The lowest BCUT2D eigenvalue weighted by Gasteiger charge is -2.24. The van der Waals surface area contributed by atoms with Gasteiger partial charge in [0, 0.05) is 0 Å². The third kappa shape index (κ3) is 4.18. The highest BCUT2D eigenvalue weighted by Crippen LogP contribution is 2.37. The maximum absolute atomic E-state index is 5.95. The lowest BCUT2D eigenvalue weighted by atomic mass is 10.2. The third-order valence-corrected chi connectivity index (χ3v) is 6.44. The molecular weight excluding hydrogens is 452 g/mol. The van der Waals surface area contributed by atoms with Crippen LogP contribution >= 0.6 is 21.6 Å². The number of hydrogen-bond donors (Lipinski definition) is 2. The number of aromatic nitrogens is 6. The highest BCUT2D eigenvalue weighted by atomic mass is 33.1. The Labute approximate surface area is 190 Å². The maximum atomic E-state index is 5.95. The molecule has 10 nitrogen and oxygen atoms in total. The number of nitrogens with zero attached hydrogens (tertiary/aromatic N) is 4. The quantitative estimate of drug-likeness (QED) is 0.492. The summed E-state index contributed by atoms with van der Waals surface area (Å²) in [7, 11) is 2.64. The summed E-state index contributed by atoms with van der Waals surface area (Å²) in [6.07, 6.45) is 2.38. The van der Waals surface area contributed by atoms with Gasteiger partial charge >= 0.3 is 0 Å². The van der Waals surface area contributed by atoms with Crippen LogP contribution in [0, 0.1) is 0 Å². The zero-order valence-corrected chi connectivity index (χ0v) is 18.3. The predicted octanol–water partition coefficient (Wildman–Crippen LogP) is 3.91. The molecule has 2 aliphatic rings. The van der Waals surface area contributed by atoms with E-state index < -0.39 is 6.10 Å². The van der Waals surface area contributed by atoms with E-state index in [4.69, 9.17) is 18.9 Å². The zero-order valence-electron chi connectivity index (χ0n) is 16.7. The molecule has 0 saturated carbocycles. The molecule has 1 aromatic carbocycles. The van der Waals surface area contributed by atoms with Gasteiger partial charge in [-0.05, 0) is 45.9 Å². The highest BCUT2D eigenvalue weighted by molar-refractivity contribution is 8.76. The molecule has 2 atom stereocenters. The minimum Gasteiger partial charge on any atom is -0.485 e. The molecule has 5 rings (SSSR count). The first-order valence-corrected chi connectivity index (χ1v) is 11.7. The van der Waals surface area contributed by atoms with E-state index >= 15 is 0 Å². The van der Waals surface area contributed by atoms with Crippen molar-refractivity contribution in [2.24, 2.45) is 0 Å². The highest BCUT2D eigenvalue weighted by Gasteiger charge is 2.27. The van der Waals surface area contributed by atoms with Crippen molar-refractivity contribution in [1.82, 2.24) is 30.4 Å². The van der Waals surface area contributed by atoms with E-state index in [0.29, 0.717) is 52.4 Å². The Balaban J connectivity index is 1.19. The Morgan fingerprint density at radius 1 is 0.812 bits per heavy atom. The summed E-state index contributed by atoms with van der Waals surface area (Å²) in [6, 6.07) is 7.52. The third-order valence-electron chi connectivity index (χ3n) is 4.55. The standard InChI is InChI=1S/C20H18N6O4S2/c1-3-11-12(4-2)29-15(9-27-11)17-21-19(25-23-17)31-32-20-22-18(24-26-20)16-10-28-13-7-5-6-8-14(13)30-16/h3-8,15-16H,1-2,9-10H2,(H,21,23,25)(H,22,24,26). The molecule has 3 aromatic rings. The molecule has 2 aliphatic heterocycles. The first-order chi connectivity index (χ1) is 15.7. The van der Waals surface area contributed by atoms with Crippen molar-refractivity contribution in [3.63, 3.8) is 0 Å². The number of H-pyrrole nitrogens is 2. The smallest absolute Gasteiger partial charge is 0.219 e. The van der Waals surface area contributed by atoms with Crippen molar-refractivity contribution >= 4 is 21.6 Å². The SMILES string of the molecule is C=CC1=C(C=C)OC(c2nc(SSc3n[nH]c(C4COc5ccccc5O4)n3)n[nH]2)CO1. The van der Waals surface area contributed by atoms with Crippen LogP contribution in [0.25, 0.3) is 0 Å². The fraction of sp³-hybridized carbons (Fsp3) is 0.200. The number of allylic oxidation sites excluding steroid dienone is 2. The number of nitrogens with one attached hydrogen (secondary N) is 2. The summed E-state index contributed by atoms with van der Waals surface area (Å²) in [4.78, 5) is 8.96. The van der Waals surface area contributed by atoms with Crippen LogP contribution in [-0.4, -0.2) is 43.6 Å². The Hall–Kier alpha value is -3.38. The number of rotatable bonds is 7. The van der Waals surface area contributed by atoms with E-state index in [2.05, 4.69) is 43.5 Å². The van der Waals surface area contributed by atoms with Crippen LogP contribution < -0.4 is 9.47 Å². The molecule has 32 heavy (non-hydrogen) atoms. The molecule has 0 spiro atoms. The number of ether oxygens (including phenoxy) is 4. The van der Waals surface area contributed by atoms with Crippen molar-refractivity contribution in [2.75, 3.05) is 13.2 Å². The van der Waals surface area contributed by atoms with E-state index in [1.807, 2.05) is 24.3 Å². The van der Waals surface area contributed by atoms with Crippen LogP contribution in [0.1, 0.15) is 23.9 Å². The molecule has 12 heteroatoms. The summed E-state index contributed by atoms with van der Waals surface area (Å²) in [5.74, 6) is 3.61. The van der Waals surface area contributed by atoms with Gasteiger partial charge in [-0.1, -0.05) is 25.3 Å². The average molecular weight is 471 g/mol. The molecule has 0 fully saturated rings. The molecule has 0 bridgehead atoms. The maximum Gasteiger partial charge on any atom is 0.219 e. The lowest BCUT2D eigenvalue weighted by molar-refractivity contribution is 0.00217. The largest absolute Gasteiger partial charge is 0.485 e. The van der Waals surface area contributed by atoms with Crippen molar-refractivity contribution in [2.45, 2.75) is 22.5 Å². The summed E-state index contributed by atoms with van der Waals surface area (Å²) in [5.41, 5.74) is 0. The van der Waals surface area contributed by atoms with Gasteiger partial charge in [-0.3, -0.25) is 10.2 Å². The number of hydrogen-bond acceptors (Lipinski definition) is 10. The van der Waals surface area contributed by atoms with Crippen LogP contribution in [0.2, 0.25) is 0 Å². The Bertz CT molecular complexity index is 1180. The molecule has 0 amide bonds. The fourth-order valence-corrected chi connectivity index (χ4v) is 4.51. The van der Waals surface area contributed by atoms with E-state index in [1.54, 1.807) is 12.2 Å².